The SMILES string of the molecule is CCOC(=O)c1ccc(-c2ccc(/C=C(\C#N)C(=O)Nc3ccc4c(c3)OCO4)o2)cc1. The number of nitrogens with one attached hydrogen (secondary N) is 1. The number of carbonyl (C=O) groups excluding carboxylic acids is 2. The average Bonchev–Trinajstić information content (AvgIpc) is 3.47. The number of hydrogen-bond acceptors (Lipinski definition) is 7. The first-order valence-corrected chi connectivity index (χ1v) is 9.77. The summed E-state index contributed by atoms with van der Waals surface area (Å²) in [5.74, 6) is 1.01. The van der Waals surface area contributed by atoms with E-state index in [0.717, 1.165) is 5.56 Å². The van der Waals surface area contributed by atoms with Crippen LogP contribution in [0.5, 0.6) is 11.5 Å². The number of rotatable bonds is 6. The lowest BCUT2D eigenvalue weighted by Crippen LogP contribution is -2.13. The minimum absolute atomic E-state index is 0.124. The molecule has 0 saturated heterocycles. The Hall–Kier alpha value is -4.51. The highest BCUT2D eigenvalue weighted by atomic mass is 16.7. The third-order valence-electron chi connectivity index (χ3n) is 4.59. The Balaban J connectivity index is 1.47. The van der Waals surface area contributed by atoms with Crippen molar-refractivity contribution in [2.75, 3.05) is 18.7 Å². The van der Waals surface area contributed by atoms with Gasteiger partial charge in [-0.05, 0) is 43.3 Å². The number of carbonyl (C=O) groups is 2. The van der Waals surface area contributed by atoms with Crippen LogP contribution in [0.4, 0.5) is 5.69 Å². The Morgan fingerprint density at radius 3 is 2.62 bits per heavy atom. The summed E-state index contributed by atoms with van der Waals surface area (Å²) in [4.78, 5) is 24.3. The normalized spacial score (nSPS) is 12.2. The molecule has 160 valence electrons. The van der Waals surface area contributed by atoms with Crippen molar-refractivity contribution < 1.29 is 28.2 Å². The smallest absolute Gasteiger partial charge is 0.338 e. The fourth-order valence-electron chi connectivity index (χ4n) is 3.03. The molecule has 0 spiro atoms. The van der Waals surface area contributed by atoms with Gasteiger partial charge in [-0.2, -0.15) is 5.26 Å². The third kappa shape index (κ3) is 4.47. The number of amides is 1. The van der Waals surface area contributed by atoms with Crippen LogP contribution in [0.3, 0.4) is 0 Å². The van der Waals surface area contributed by atoms with Gasteiger partial charge >= 0.3 is 5.97 Å². The summed E-state index contributed by atoms with van der Waals surface area (Å²) in [5, 5.41) is 12.1. The molecule has 0 bridgehead atoms. The molecule has 3 aromatic rings. The molecule has 0 unspecified atom stereocenters. The van der Waals surface area contributed by atoms with Gasteiger partial charge in [0, 0.05) is 23.4 Å². The van der Waals surface area contributed by atoms with Crippen LogP contribution in [0.15, 0.2) is 64.6 Å². The zero-order chi connectivity index (χ0) is 22.5. The van der Waals surface area contributed by atoms with Crippen molar-refractivity contribution >= 4 is 23.6 Å². The molecule has 1 aliphatic heterocycles. The van der Waals surface area contributed by atoms with Gasteiger partial charge in [0.25, 0.3) is 5.91 Å². The Morgan fingerprint density at radius 1 is 1.09 bits per heavy atom. The second-order valence-electron chi connectivity index (χ2n) is 6.69. The summed E-state index contributed by atoms with van der Waals surface area (Å²) in [6, 6.07) is 17.0. The molecule has 8 nitrogen and oxygen atoms in total. The van der Waals surface area contributed by atoms with Gasteiger partial charge in [-0.3, -0.25) is 4.79 Å². The number of fused-ring (bicyclic) bond motifs is 1. The predicted molar refractivity (Wildman–Crippen MR) is 115 cm³/mol. The zero-order valence-electron chi connectivity index (χ0n) is 17.1. The molecule has 1 aliphatic rings. The van der Waals surface area contributed by atoms with E-state index >= 15 is 0 Å². The minimum atomic E-state index is -0.580. The van der Waals surface area contributed by atoms with Crippen LogP contribution in [0.1, 0.15) is 23.0 Å². The van der Waals surface area contributed by atoms with Crippen molar-refractivity contribution in [3.8, 4) is 28.9 Å². The fraction of sp³-hybridized carbons (Fsp3) is 0.125. The Morgan fingerprint density at radius 2 is 1.88 bits per heavy atom. The van der Waals surface area contributed by atoms with E-state index in [4.69, 9.17) is 18.6 Å². The number of esters is 1. The van der Waals surface area contributed by atoms with Crippen LogP contribution in [0.25, 0.3) is 17.4 Å². The molecule has 0 fully saturated rings. The lowest BCUT2D eigenvalue weighted by Gasteiger charge is -2.05. The molecule has 1 N–H and O–H groups in total. The lowest BCUT2D eigenvalue weighted by atomic mass is 10.1. The van der Waals surface area contributed by atoms with Gasteiger partial charge in [-0.1, -0.05) is 12.1 Å². The van der Waals surface area contributed by atoms with Crippen LogP contribution >= 0.6 is 0 Å². The van der Waals surface area contributed by atoms with Crippen molar-refractivity contribution in [2.24, 2.45) is 0 Å². The molecule has 2 aromatic carbocycles. The van der Waals surface area contributed by atoms with Gasteiger partial charge in [0.2, 0.25) is 6.79 Å². The predicted octanol–water partition coefficient (Wildman–Crippen LogP) is 4.40. The second kappa shape index (κ2) is 9.10. The van der Waals surface area contributed by atoms with Crippen LogP contribution in [-0.2, 0) is 9.53 Å². The minimum Gasteiger partial charge on any atom is -0.462 e. The van der Waals surface area contributed by atoms with Crippen LogP contribution in [0.2, 0.25) is 0 Å². The van der Waals surface area contributed by atoms with Gasteiger partial charge < -0.3 is 23.9 Å². The van der Waals surface area contributed by atoms with E-state index in [9.17, 15) is 14.9 Å². The average molecular weight is 430 g/mol. The summed E-state index contributed by atoms with van der Waals surface area (Å²) >= 11 is 0. The monoisotopic (exact) mass is 430 g/mol. The number of benzene rings is 2. The zero-order valence-corrected chi connectivity index (χ0v) is 17.1. The first-order chi connectivity index (χ1) is 15.6. The van der Waals surface area contributed by atoms with Crippen LogP contribution < -0.4 is 14.8 Å². The molecular weight excluding hydrogens is 412 g/mol. The molecule has 0 saturated carbocycles. The Kier molecular flexibility index (Phi) is 5.90. The number of nitrogens with zero attached hydrogens (tertiary/aromatic N) is 1. The molecule has 1 amide bonds. The van der Waals surface area contributed by atoms with E-state index in [1.54, 1.807) is 61.5 Å². The lowest BCUT2D eigenvalue weighted by molar-refractivity contribution is -0.112. The van der Waals surface area contributed by atoms with Gasteiger partial charge in [0.15, 0.2) is 11.5 Å². The van der Waals surface area contributed by atoms with E-state index in [1.807, 2.05) is 6.07 Å². The maximum absolute atomic E-state index is 12.5. The summed E-state index contributed by atoms with van der Waals surface area (Å²) in [5.41, 5.74) is 1.53. The van der Waals surface area contributed by atoms with Crippen molar-refractivity contribution in [2.45, 2.75) is 6.92 Å². The van der Waals surface area contributed by atoms with E-state index in [1.165, 1.54) is 6.08 Å². The Bertz CT molecular complexity index is 1230. The number of ether oxygens (including phenoxy) is 3. The van der Waals surface area contributed by atoms with Crippen molar-refractivity contribution in [3.63, 3.8) is 0 Å². The van der Waals surface area contributed by atoms with E-state index in [-0.39, 0.29) is 12.4 Å². The molecular formula is C24H18N2O6. The molecule has 0 atom stereocenters. The van der Waals surface area contributed by atoms with Gasteiger partial charge in [0.1, 0.15) is 23.2 Å². The van der Waals surface area contributed by atoms with Crippen molar-refractivity contribution in [1.29, 1.82) is 5.26 Å². The molecule has 32 heavy (non-hydrogen) atoms. The standard InChI is InChI=1S/C24H18N2O6/c1-2-29-24(28)16-5-3-15(4-6-16)20-10-8-19(32-20)11-17(13-25)23(27)26-18-7-9-21-22(12-18)31-14-30-21/h3-12H,2,14H2,1H3,(H,26,27)/b17-11+. The second-order valence-corrected chi connectivity index (χ2v) is 6.69. The van der Waals surface area contributed by atoms with Crippen LogP contribution in [0, 0.1) is 11.3 Å². The maximum Gasteiger partial charge on any atom is 0.338 e. The maximum atomic E-state index is 12.5. The van der Waals surface area contributed by atoms with E-state index < -0.39 is 11.9 Å². The Labute approximate surface area is 183 Å². The fourth-order valence-corrected chi connectivity index (χ4v) is 3.03. The number of nitriles is 1. The number of hydrogen-bond donors (Lipinski definition) is 1. The molecule has 0 aliphatic carbocycles. The number of anilines is 1. The highest BCUT2D eigenvalue weighted by molar-refractivity contribution is 6.09. The summed E-state index contributed by atoms with van der Waals surface area (Å²) in [6.07, 6.45) is 1.36. The van der Waals surface area contributed by atoms with E-state index in [2.05, 4.69) is 5.32 Å². The molecule has 2 heterocycles. The van der Waals surface area contributed by atoms with Crippen LogP contribution in [-0.4, -0.2) is 25.3 Å². The highest BCUT2D eigenvalue weighted by Crippen LogP contribution is 2.34. The molecule has 1 aromatic heterocycles. The highest BCUT2D eigenvalue weighted by Gasteiger charge is 2.16. The first-order valence-electron chi connectivity index (χ1n) is 9.77. The third-order valence-corrected chi connectivity index (χ3v) is 4.59. The summed E-state index contributed by atoms with van der Waals surface area (Å²) in [6.45, 7) is 2.18. The number of furan rings is 1. The van der Waals surface area contributed by atoms with Crippen molar-refractivity contribution in [3.05, 3.63) is 71.5 Å². The van der Waals surface area contributed by atoms with Gasteiger partial charge in [-0.25, -0.2) is 4.79 Å². The van der Waals surface area contributed by atoms with E-state index in [0.29, 0.717) is 40.9 Å². The quantitative estimate of drug-likeness (QED) is 0.351. The molecule has 8 heteroatoms. The summed E-state index contributed by atoms with van der Waals surface area (Å²) in [7, 11) is 0. The summed E-state index contributed by atoms with van der Waals surface area (Å²) < 4.78 is 21.2. The van der Waals surface area contributed by atoms with Gasteiger partial charge in [-0.15, -0.1) is 0 Å². The molecule has 0 radical (unpaired) electrons. The topological polar surface area (TPSA) is 111 Å². The first kappa shape index (κ1) is 20.8. The van der Waals surface area contributed by atoms with Gasteiger partial charge in [0.05, 0.1) is 12.2 Å². The molecule has 4 rings (SSSR count). The van der Waals surface area contributed by atoms with Crippen molar-refractivity contribution in [1.82, 2.24) is 0 Å². The largest absolute Gasteiger partial charge is 0.462 e.